The molecule has 25 heavy (non-hydrogen) atoms. The minimum atomic E-state index is -0.369. The van der Waals surface area contributed by atoms with Crippen molar-refractivity contribution in [2.75, 3.05) is 11.9 Å². The van der Waals surface area contributed by atoms with E-state index in [1.54, 1.807) is 12.3 Å². The maximum absolute atomic E-state index is 12.9. The van der Waals surface area contributed by atoms with Gasteiger partial charge in [-0.2, -0.15) is 0 Å². The van der Waals surface area contributed by atoms with Gasteiger partial charge in [0.05, 0.1) is 6.20 Å². The molecule has 8 heteroatoms. The van der Waals surface area contributed by atoms with E-state index in [9.17, 15) is 9.18 Å². The lowest BCUT2D eigenvalue weighted by atomic mass is 10.0. The minimum Gasteiger partial charge on any atom is -0.473 e. The van der Waals surface area contributed by atoms with Crippen molar-refractivity contribution in [1.82, 2.24) is 14.9 Å². The number of aromatic nitrogens is 2. The quantitative estimate of drug-likeness (QED) is 0.883. The summed E-state index contributed by atoms with van der Waals surface area (Å²) in [5.41, 5.74) is 0. The van der Waals surface area contributed by atoms with E-state index in [2.05, 4.69) is 27.1 Å². The molecular weight excluding hydrogens is 343 g/mol. The summed E-state index contributed by atoms with van der Waals surface area (Å²) in [4.78, 5) is 22.7. The van der Waals surface area contributed by atoms with Crippen molar-refractivity contribution < 1.29 is 13.9 Å². The van der Waals surface area contributed by atoms with Gasteiger partial charge in [-0.3, -0.25) is 9.69 Å². The molecule has 3 heterocycles. The van der Waals surface area contributed by atoms with Crippen LogP contribution in [0.25, 0.3) is 0 Å². The summed E-state index contributed by atoms with van der Waals surface area (Å²) in [7, 11) is 0. The molecule has 2 aromatic heterocycles. The van der Waals surface area contributed by atoms with E-state index in [4.69, 9.17) is 4.74 Å². The molecule has 1 saturated heterocycles. The molecule has 0 aliphatic carbocycles. The molecule has 1 N–H and O–H groups in total. The Balaban J connectivity index is 1.59. The minimum absolute atomic E-state index is 0.0249. The third-order valence-electron chi connectivity index (χ3n) is 4.15. The first-order valence-electron chi connectivity index (χ1n) is 8.24. The average molecular weight is 364 g/mol. The van der Waals surface area contributed by atoms with Gasteiger partial charge in [-0.1, -0.05) is 0 Å². The Hall–Kier alpha value is -2.06. The summed E-state index contributed by atoms with van der Waals surface area (Å²) in [6.45, 7) is 5.20. The van der Waals surface area contributed by atoms with Crippen molar-refractivity contribution in [2.45, 2.75) is 45.4 Å². The number of hydrogen-bond donors (Lipinski definition) is 1. The van der Waals surface area contributed by atoms with Gasteiger partial charge in [0.25, 0.3) is 0 Å². The van der Waals surface area contributed by atoms with Crippen LogP contribution in [0, 0.1) is 5.82 Å². The van der Waals surface area contributed by atoms with Crippen molar-refractivity contribution in [2.24, 2.45) is 0 Å². The monoisotopic (exact) mass is 364 g/mol. The van der Waals surface area contributed by atoms with Crippen LogP contribution < -0.4 is 10.1 Å². The molecule has 1 aliphatic rings. The van der Waals surface area contributed by atoms with Crippen LogP contribution in [0.3, 0.4) is 0 Å². The van der Waals surface area contributed by atoms with Crippen LogP contribution in [0.1, 0.15) is 31.6 Å². The maximum Gasteiger partial charge on any atom is 0.223 e. The van der Waals surface area contributed by atoms with Crippen LogP contribution in [0.4, 0.5) is 9.52 Å². The number of halogens is 1. The fourth-order valence-corrected chi connectivity index (χ4v) is 3.74. The molecule has 3 rings (SSSR count). The van der Waals surface area contributed by atoms with Gasteiger partial charge in [0.15, 0.2) is 5.13 Å². The number of carbonyl (C=O) groups excluding carboxylic acids is 1. The maximum atomic E-state index is 12.9. The van der Waals surface area contributed by atoms with Crippen LogP contribution in [-0.2, 0) is 11.3 Å². The van der Waals surface area contributed by atoms with Gasteiger partial charge in [-0.25, -0.2) is 14.4 Å². The lowest BCUT2D eigenvalue weighted by Crippen LogP contribution is -2.45. The summed E-state index contributed by atoms with van der Waals surface area (Å²) >= 11 is 1.48. The number of anilines is 1. The van der Waals surface area contributed by atoms with Crippen molar-refractivity contribution in [3.63, 3.8) is 0 Å². The molecular formula is C17H21FN4O2S. The van der Waals surface area contributed by atoms with Gasteiger partial charge in [0.2, 0.25) is 11.8 Å². The molecule has 0 bridgehead atoms. The predicted molar refractivity (Wildman–Crippen MR) is 94.1 cm³/mol. The number of thiazole rings is 1. The Morgan fingerprint density at radius 3 is 2.96 bits per heavy atom. The Bertz CT molecular complexity index is 722. The molecule has 1 aliphatic heterocycles. The largest absolute Gasteiger partial charge is 0.473 e. The molecule has 0 aromatic carbocycles. The summed E-state index contributed by atoms with van der Waals surface area (Å²) < 4.78 is 18.8. The highest BCUT2D eigenvalue weighted by molar-refractivity contribution is 7.15. The summed E-state index contributed by atoms with van der Waals surface area (Å²) in [5, 5.41) is 3.33. The van der Waals surface area contributed by atoms with Crippen LogP contribution in [0.2, 0.25) is 0 Å². The van der Waals surface area contributed by atoms with E-state index in [0.29, 0.717) is 17.1 Å². The third kappa shape index (κ3) is 4.96. The molecule has 2 atom stereocenters. The van der Waals surface area contributed by atoms with Gasteiger partial charge in [0.1, 0.15) is 11.9 Å². The fourth-order valence-electron chi connectivity index (χ4n) is 2.85. The SMILES string of the molecule is CC(=O)Nc1ncc(CN2C[C@@H](Oc3ccc(F)cn3)CC[C@@H]2C)s1. The summed E-state index contributed by atoms with van der Waals surface area (Å²) in [6, 6.07) is 3.35. The second-order valence-corrected chi connectivity index (χ2v) is 7.34. The molecule has 6 nitrogen and oxygen atoms in total. The second kappa shape index (κ2) is 7.88. The van der Waals surface area contributed by atoms with Gasteiger partial charge < -0.3 is 10.1 Å². The van der Waals surface area contributed by atoms with Gasteiger partial charge in [-0.05, 0) is 25.8 Å². The fraction of sp³-hybridized carbons (Fsp3) is 0.471. The van der Waals surface area contributed by atoms with Crippen LogP contribution in [0.5, 0.6) is 5.88 Å². The molecule has 2 aromatic rings. The third-order valence-corrected chi connectivity index (χ3v) is 5.05. The number of carbonyl (C=O) groups is 1. The Labute approximate surface area is 150 Å². The standard InChI is InChI=1S/C17H21FN4O2S/c1-11-3-5-14(24-16-6-4-13(18)7-19-16)9-22(11)10-15-8-20-17(25-15)21-12(2)23/h4,6-8,11,14H,3,5,9-10H2,1-2H3,(H,20,21,23)/t11-,14-/m0/s1. The normalized spacial score (nSPS) is 21.1. The molecule has 1 fully saturated rings. The summed E-state index contributed by atoms with van der Waals surface area (Å²) in [6.07, 6.45) is 4.95. The zero-order chi connectivity index (χ0) is 17.8. The highest BCUT2D eigenvalue weighted by atomic mass is 32.1. The molecule has 0 saturated carbocycles. The topological polar surface area (TPSA) is 67.4 Å². The first-order valence-corrected chi connectivity index (χ1v) is 9.06. The number of amides is 1. The average Bonchev–Trinajstić information content (AvgIpc) is 2.99. The zero-order valence-electron chi connectivity index (χ0n) is 14.2. The van der Waals surface area contributed by atoms with Crippen LogP contribution in [-0.4, -0.2) is 39.5 Å². The van der Waals surface area contributed by atoms with Crippen LogP contribution >= 0.6 is 11.3 Å². The van der Waals surface area contributed by atoms with Crippen molar-refractivity contribution >= 4 is 22.4 Å². The predicted octanol–water partition coefficient (Wildman–Crippen LogP) is 3.07. The number of rotatable bonds is 5. The number of hydrogen-bond acceptors (Lipinski definition) is 6. The first kappa shape index (κ1) is 17.8. The molecule has 0 radical (unpaired) electrons. The van der Waals surface area contributed by atoms with Crippen molar-refractivity contribution in [3.8, 4) is 5.88 Å². The second-order valence-electron chi connectivity index (χ2n) is 6.22. The number of nitrogens with one attached hydrogen (secondary N) is 1. The molecule has 0 spiro atoms. The number of nitrogens with zero attached hydrogens (tertiary/aromatic N) is 3. The lowest BCUT2D eigenvalue weighted by molar-refractivity contribution is -0.114. The Morgan fingerprint density at radius 1 is 1.40 bits per heavy atom. The van der Waals surface area contributed by atoms with Crippen molar-refractivity contribution in [1.29, 1.82) is 0 Å². The van der Waals surface area contributed by atoms with E-state index < -0.39 is 0 Å². The van der Waals surface area contributed by atoms with E-state index in [1.165, 1.54) is 30.5 Å². The van der Waals surface area contributed by atoms with Gasteiger partial charge in [0, 0.05) is 43.2 Å². The number of ether oxygens (including phenoxy) is 1. The molecule has 134 valence electrons. The van der Waals surface area contributed by atoms with E-state index in [1.807, 2.05) is 0 Å². The summed E-state index contributed by atoms with van der Waals surface area (Å²) in [5.74, 6) is -0.0365. The molecule has 1 amide bonds. The smallest absolute Gasteiger partial charge is 0.223 e. The highest BCUT2D eigenvalue weighted by Crippen LogP contribution is 2.26. The highest BCUT2D eigenvalue weighted by Gasteiger charge is 2.27. The van der Waals surface area contributed by atoms with E-state index in [-0.39, 0.29) is 17.8 Å². The van der Waals surface area contributed by atoms with Crippen LogP contribution in [0.15, 0.2) is 24.5 Å². The Morgan fingerprint density at radius 2 is 2.24 bits per heavy atom. The number of piperidine rings is 1. The van der Waals surface area contributed by atoms with E-state index >= 15 is 0 Å². The number of pyridine rings is 1. The Kier molecular flexibility index (Phi) is 5.60. The zero-order valence-corrected chi connectivity index (χ0v) is 15.1. The number of likely N-dealkylation sites (tertiary alicyclic amines) is 1. The lowest BCUT2D eigenvalue weighted by Gasteiger charge is -2.37. The van der Waals surface area contributed by atoms with Gasteiger partial charge in [-0.15, -0.1) is 11.3 Å². The van der Waals surface area contributed by atoms with E-state index in [0.717, 1.165) is 30.8 Å². The molecule has 0 unspecified atom stereocenters. The van der Waals surface area contributed by atoms with Gasteiger partial charge >= 0.3 is 0 Å². The first-order chi connectivity index (χ1) is 12.0. The van der Waals surface area contributed by atoms with Crippen molar-refractivity contribution in [3.05, 3.63) is 35.2 Å².